The zero-order chi connectivity index (χ0) is 33.4. The molecule has 2 N–H and O–H groups in total. The summed E-state index contributed by atoms with van der Waals surface area (Å²) < 4.78 is 11.1. The van der Waals surface area contributed by atoms with Gasteiger partial charge in [0.1, 0.15) is 29.3 Å². The maximum absolute atomic E-state index is 14.4. The molecule has 9 heteroatoms. The number of nitrogens with zero attached hydrogens (tertiary/aromatic N) is 1. The van der Waals surface area contributed by atoms with Gasteiger partial charge in [0.25, 0.3) is 0 Å². The molecule has 2 aromatic rings. The Balaban J connectivity index is 2.58. The van der Waals surface area contributed by atoms with Crippen molar-refractivity contribution in [2.75, 3.05) is 0 Å². The van der Waals surface area contributed by atoms with E-state index in [2.05, 4.69) is 10.6 Å². The van der Waals surface area contributed by atoms with Gasteiger partial charge in [0.2, 0.25) is 11.8 Å². The predicted octanol–water partition coefficient (Wildman–Crippen LogP) is 5.95. The lowest BCUT2D eigenvalue weighted by molar-refractivity contribution is -0.159. The molecule has 0 aliphatic carbocycles. The Labute approximate surface area is 263 Å². The monoisotopic (exact) mass is 609 g/mol. The highest BCUT2D eigenvalue weighted by Gasteiger charge is 2.39. The highest BCUT2D eigenvalue weighted by molar-refractivity contribution is 5.94. The zero-order valence-corrected chi connectivity index (χ0v) is 28.2. The molecule has 0 aliphatic heterocycles. The van der Waals surface area contributed by atoms with Crippen molar-refractivity contribution in [2.24, 2.45) is 0 Å². The summed E-state index contributed by atoms with van der Waals surface area (Å²) >= 11 is 0. The Kier molecular flexibility index (Phi) is 12.6. The van der Waals surface area contributed by atoms with Gasteiger partial charge in [-0.25, -0.2) is 9.59 Å². The van der Waals surface area contributed by atoms with Crippen molar-refractivity contribution in [3.05, 3.63) is 70.8 Å². The minimum atomic E-state index is -1.10. The second kappa shape index (κ2) is 15.2. The number of ether oxygens (including phenoxy) is 2. The van der Waals surface area contributed by atoms with E-state index in [1.807, 2.05) is 76.2 Å². The normalized spacial score (nSPS) is 14.4. The molecule has 0 bridgehead atoms. The summed E-state index contributed by atoms with van der Waals surface area (Å²) in [5.41, 5.74) is 1.89. The van der Waals surface area contributed by atoms with Crippen LogP contribution in [0.2, 0.25) is 0 Å². The van der Waals surface area contributed by atoms with Crippen LogP contribution in [-0.2, 0) is 30.3 Å². The number of hydrogen-bond donors (Lipinski definition) is 2. The molecule has 3 amide bonds. The van der Waals surface area contributed by atoms with Gasteiger partial charge < -0.3 is 25.0 Å². The molecule has 9 nitrogen and oxygen atoms in total. The first kappa shape index (κ1) is 36.3. The van der Waals surface area contributed by atoms with Crippen LogP contribution in [0.3, 0.4) is 0 Å². The van der Waals surface area contributed by atoms with Gasteiger partial charge >= 0.3 is 12.1 Å². The van der Waals surface area contributed by atoms with Gasteiger partial charge in [0.15, 0.2) is 0 Å². The van der Waals surface area contributed by atoms with E-state index in [0.29, 0.717) is 12.0 Å². The van der Waals surface area contributed by atoms with E-state index in [4.69, 9.17) is 9.47 Å². The second-order valence-electron chi connectivity index (χ2n) is 13.4. The average Bonchev–Trinajstić information content (AvgIpc) is 2.90. The smallest absolute Gasteiger partial charge is 0.408 e. The Morgan fingerprint density at radius 1 is 0.818 bits per heavy atom. The molecule has 0 radical (unpaired) electrons. The fourth-order valence-corrected chi connectivity index (χ4v) is 4.60. The van der Waals surface area contributed by atoms with Gasteiger partial charge in [-0.15, -0.1) is 0 Å². The Morgan fingerprint density at radius 3 is 1.93 bits per heavy atom. The fraction of sp³-hybridized carbons (Fsp3) is 0.543. The van der Waals surface area contributed by atoms with Gasteiger partial charge in [0.05, 0.1) is 0 Å². The summed E-state index contributed by atoms with van der Waals surface area (Å²) in [4.78, 5) is 56.0. The number of benzene rings is 2. The van der Waals surface area contributed by atoms with Crippen molar-refractivity contribution in [2.45, 2.75) is 124 Å². The van der Waals surface area contributed by atoms with E-state index in [1.54, 1.807) is 48.5 Å². The minimum absolute atomic E-state index is 0.203. The highest BCUT2D eigenvalue weighted by atomic mass is 16.6. The van der Waals surface area contributed by atoms with Gasteiger partial charge in [-0.05, 0) is 97.9 Å². The van der Waals surface area contributed by atoms with Gasteiger partial charge in [-0.2, -0.15) is 0 Å². The standard InChI is InChI=1S/C35H51N3O6/c1-12-24(4)38(31(40)25(5)36-33(42)44-35(9,10)11)29(27-19-18-22(2)23(3)20-27)30(39)37-28(32(41)43-34(6,7)8)21-26-16-14-13-15-17-26/h13-20,24-25,28-29H,12,21H2,1-11H3,(H,36,42)(H,37,39). The summed E-state index contributed by atoms with van der Waals surface area (Å²) in [7, 11) is 0. The summed E-state index contributed by atoms with van der Waals surface area (Å²) in [5, 5.41) is 5.55. The number of amides is 3. The average molecular weight is 610 g/mol. The molecule has 0 saturated heterocycles. The third-order valence-electron chi connectivity index (χ3n) is 7.09. The lowest BCUT2D eigenvalue weighted by Crippen LogP contribution is -2.56. The molecular formula is C35H51N3O6. The number of hydrogen-bond acceptors (Lipinski definition) is 6. The van der Waals surface area contributed by atoms with Crippen LogP contribution in [0.5, 0.6) is 0 Å². The minimum Gasteiger partial charge on any atom is -0.458 e. The molecule has 0 fully saturated rings. The largest absolute Gasteiger partial charge is 0.458 e. The number of nitrogens with one attached hydrogen (secondary N) is 2. The molecular weight excluding hydrogens is 558 g/mol. The Morgan fingerprint density at radius 2 is 1.41 bits per heavy atom. The SMILES string of the molecule is CCC(C)N(C(=O)C(C)NC(=O)OC(C)(C)C)C(C(=O)NC(Cc1ccccc1)C(=O)OC(C)(C)C)c1ccc(C)c(C)c1. The number of rotatable bonds is 11. The first-order chi connectivity index (χ1) is 20.3. The van der Waals surface area contributed by atoms with Crippen LogP contribution >= 0.6 is 0 Å². The molecule has 0 aliphatic rings. The van der Waals surface area contributed by atoms with Crippen molar-refractivity contribution in [3.63, 3.8) is 0 Å². The Hall–Kier alpha value is -3.88. The summed E-state index contributed by atoms with van der Waals surface area (Å²) in [6, 6.07) is 11.5. The lowest BCUT2D eigenvalue weighted by atomic mass is 9.96. The molecule has 242 valence electrons. The summed E-state index contributed by atoms with van der Waals surface area (Å²) in [6.07, 6.45) is 0.0103. The molecule has 44 heavy (non-hydrogen) atoms. The lowest BCUT2D eigenvalue weighted by Gasteiger charge is -2.38. The number of esters is 1. The Bertz CT molecular complexity index is 1300. The molecule has 0 aromatic heterocycles. The molecule has 0 heterocycles. The molecule has 2 aromatic carbocycles. The number of carbonyl (C=O) groups is 4. The predicted molar refractivity (Wildman–Crippen MR) is 172 cm³/mol. The number of carbonyl (C=O) groups excluding carboxylic acids is 4. The van der Waals surface area contributed by atoms with Crippen LogP contribution in [-0.4, -0.2) is 58.1 Å². The van der Waals surface area contributed by atoms with Crippen LogP contribution in [0.4, 0.5) is 4.79 Å². The van der Waals surface area contributed by atoms with E-state index < -0.39 is 59.2 Å². The van der Waals surface area contributed by atoms with Crippen molar-refractivity contribution in [1.29, 1.82) is 0 Å². The van der Waals surface area contributed by atoms with Crippen LogP contribution < -0.4 is 10.6 Å². The molecule has 0 saturated carbocycles. The van der Waals surface area contributed by atoms with Crippen LogP contribution in [0.1, 0.15) is 97.0 Å². The third-order valence-corrected chi connectivity index (χ3v) is 7.09. The van der Waals surface area contributed by atoms with Crippen LogP contribution in [0.15, 0.2) is 48.5 Å². The van der Waals surface area contributed by atoms with E-state index in [9.17, 15) is 19.2 Å². The summed E-state index contributed by atoms with van der Waals surface area (Å²) in [5.74, 6) is -1.56. The quantitative estimate of drug-likeness (QED) is 0.304. The first-order valence-electron chi connectivity index (χ1n) is 15.3. The van der Waals surface area contributed by atoms with E-state index in [1.165, 1.54) is 4.90 Å². The van der Waals surface area contributed by atoms with Crippen LogP contribution in [0, 0.1) is 13.8 Å². The molecule has 0 spiro atoms. The third kappa shape index (κ3) is 11.0. The van der Waals surface area contributed by atoms with E-state index in [-0.39, 0.29) is 6.42 Å². The van der Waals surface area contributed by atoms with E-state index in [0.717, 1.165) is 16.7 Å². The number of aryl methyl sites for hydroxylation is 2. The highest BCUT2D eigenvalue weighted by Crippen LogP contribution is 2.28. The van der Waals surface area contributed by atoms with Crippen LogP contribution in [0.25, 0.3) is 0 Å². The maximum Gasteiger partial charge on any atom is 0.408 e. The first-order valence-corrected chi connectivity index (χ1v) is 15.3. The van der Waals surface area contributed by atoms with Crippen molar-refractivity contribution in [1.82, 2.24) is 15.5 Å². The van der Waals surface area contributed by atoms with Crippen molar-refractivity contribution >= 4 is 23.9 Å². The maximum atomic E-state index is 14.4. The van der Waals surface area contributed by atoms with Gasteiger partial charge in [-0.3, -0.25) is 9.59 Å². The zero-order valence-electron chi connectivity index (χ0n) is 28.2. The van der Waals surface area contributed by atoms with Gasteiger partial charge in [0, 0.05) is 12.5 Å². The second-order valence-corrected chi connectivity index (χ2v) is 13.4. The van der Waals surface area contributed by atoms with Gasteiger partial charge in [-0.1, -0.05) is 55.5 Å². The summed E-state index contributed by atoms with van der Waals surface area (Å²) in [6.45, 7) is 19.8. The molecule has 4 unspecified atom stereocenters. The molecule has 2 rings (SSSR count). The topological polar surface area (TPSA) is 114 Å². The van der Waals surface area contributed by atoms with Crippen molar-refractivity contribution in [3.8, 4) is 0 Å². The number of alkyl carbamates (subject to hydrolysis) is 1. The fourth-order valence-electron chi connectivity index (χ4n) is 4.60. The van der Waals surface area contributed by atoms with Crippen molar-refractivity contribution < 1.29 is 28.7 Å². The molecule has 4 atom stereocenters. The van der Waals surface area contributed by atoms with E-state index >= 15 is 0 Å².